The Balaban J connectivity index is 2.35. The molecule has 0 amide bonds. The molecule has 21 heavy (non-hydrogen) atoms. The van der Waals surface area contributed by atoms with Crippen LogP contribution in [0.5, 0.6) is 0 Å². The highest BCUT2D eigenvalue weighted by Crippen LogP contribution is 2.30. The van der Waals surface area contributed by atoms with Crippen LogP contribution in [-0.4, -0.2) is 13.1 Å². The molecule has 0 heterocycles. The minimum atomic E-state index is -0.399. The van der Waals surface area contributed by atoms with E-state index in [-0.39, 0.29) is 0 Å². The van der Waals surface area contributed by atoms with Crippen molar-refractivity contribution in [3.63, 3.8) is 0 Å². The quantitative estimate of drug-likeness (QED) is 0.645. The van der Waals surface area contributed by atoms with Crippen LogP contribution >= 0.6 is 15.9 Å². The first kappa shape index (κ1) is 15.4. The summed E-state index contributed by atoms with van der Waals surface area (Å²) in [7, 11) is 1.35. The molecule has 0 aliphatic carbocycles. The molecule has 2 rings (SSSR count). The minimum Gasteiger partial charge on any atom is -0.465 e. The van der Waals surface area contributed by atoms with Crippen molar-refractivity contribution in [3.05, 3.63) is 51.5 Å². The molecule has 3 N–H and O–H groups in total. The Morgan fingerprint density at radius 2 is 1.81 bits per heavy atom. The van der Waals surface area contributed by atoms with Crippen molar-refractivity contribution in [2.75, 3.05) is 18.2 Å². The maximum atomic E-state index is 11.5. The normalized spacial score (nSPS) is 10.3. The van der Waals surface area contributed by atoms with E-state index in [2.05, 4.69) is 26.0 Å². The van der Waals surface area contributed by atoms with Crippen LogP contribution in [0.1, 0.15) is 21.5 Å². The summed E-state index contributed by atoms with van der Waals surface area (Å²) < 4.78 is 5.72. The van der Waals surface area contributed by atoms with Gasteiger partial charge in [-0.3, -0.25) is 0 Å². The fourth-order valence-corrected chi connectivity index (χ4v) is 2.85. The van der Waals surface area contributed by atoms with Crippen molar-refractivity contribution >= 4 is 39.0 Å². The first-order valence-electron chi connectivity index (χ1n) is 6.44. The van der Waals surface area contributed by atoms with Gasteiger partial charge in [-0.05, 0) is 55.3 Å². The average molecular weight is 349 g/mol. The Labute approximate surface area is 132 Å². The summed E-state index contributed by atoms with van der Waals surface area (Å²) in [6.45, 7) is 4.05. The zero-order valence-corrected chi connectivity index (χ0v) is 13.7. The first-order chi connectivity index (χ1) is 9.92. The Kier molecular flexibility index (Phi) is 4.53. The number of hydrogen-bond acceptors (Lipinski definition) is 4. The van der Waals surface area contributed by atoms with E-state index in [1.807, 2.05) is 26.0 Å². The second kappa shape index (κ2) is 6.18. The van der Waals surface area contributed by atoms with Crippen molar-refractivity contribution in [2.24, 2.45) is 0 Å². The molecule has 110 valence electrons. The summed E-state index contributed by atoms with van der Waals surface area (Å²) in [6.07, 6.45) is 0. The molecule has 0 aliphatic heterocycles. The van der Waals surface area contributed by atoms with E-state index in [9.17, 15) is 4.79 Å². The van der Waals surface area contributed by atoms with Crippen molar-refractivity contribution in [1.29, 1.82) is 0 Å². The van der Waals surface area contributed by atoms with Gasteiger partial charge in [0, 0.05) is 10.2 Å². The van der Waals surface area contributed by atoms with E-state index in [0.29, 0.717) is 11.3 Å². The largest absolute Gasteiger partial charge is 0.465 e. The van der Waals surface area contributed by atoms with Crippen LogP contribution in [0.2, 0.25) is 0 Å². The number of ether oxygens (including phenoxy) is 1. The lowest BCUT2D eigenvalue weighted by atomic mass is 10.1. The highest BCUT2D eigenvalue weighted by atomic mass is 79.9. The molecular weight excluding hydrogens is 332 g/mol. The number of rotatable bonds is 3. The zero-order valence-electron chi connectivity index (χ0n) is 12.2. The van der Waals surface area contributed by atoms with Crippen molar-refractivity contribution in [3.8, 4) is 0 Å². The van der Waals surface area contributed by atoms with E-state index in [4.69, 9.17) is 5.73 Å². The summed E-state index contributed by atoms with van der Waals surface area (Å²) in [6, 6.07) is 9.15. The molecule has 0 aliphatic rings. The number of carbonyl (C=O) groups excluding carboxylic acids is 1. The van der Waals surface area contributed by atoms with Crippen LogP contribution in [0.15, 0.2) is 34.8 Å². The van der Waals surface area contributed by atoms with Gasteiger partial charge in [0.05, 0.1) is 24.0 Å². The van der Waals surface area contributed by atoms with Crippen LogP contribution in [0.25, 0.3) is 0 Å². The number of aryl methyl sites for hydroxylation is 2. The molecule has 2 aromatic rings. The number of carbonyl (C=O) groups is 1. The highest BCUT2D eigenvalue weighted by Gasteiger charge is 2.10. The average Bonchev–Trinajstić information content (AvgIpc) is 2.43. The molecule has 0 unspecified atom stereocenters. The highest BCUT2D eigenvalue weighted by molar-refractivity contribution is 9.10. The van der Waals surface area contributed by atoms with Gasteiger partial charge in [0.15, 0.2) is 0 Å². The summed E-state index contributed by atoms with van der Waals surface area (Å²) >= 11 is 3.48. The Morgan fingerprint density at radius 3 is 2.33 bits per heavy atom. The third-order valence-electron chi connectivity index (χ3n) is 3.23. The summed E-state index contributed by atoms with van der Waals surface area (Å²) in [5, 5.41) is 3.32. The Morgan fingerprint density at radius 1 is 1.19 bits per heavy atom. The fourth-order valence-electron chi connectivity index (χ4n) is 2.16. The number of methoxy groups -OCH3 is 1. The molecule has 0 saturated carbocycles. The molecule has 2 aromatic carbocycles. The smallest absolute Gasteiger partial charge is 0.337 e. The van der Waals surface area contributed by atoms with Crippen LogP contribution in [0, 0.1) is 13.8 Å². The van der Waals surface area contributed by atoms with E-state index in [0.717, 1.165) is 27.0 Å². The zero-order chi connectivity index (χ0) is 15.6. The monoisotopic (exact) mass is 348 g/mol. The van der Waals surface area contributed by atoms with Crippen LogP contribution in [0.4, 0.5) is 17.1 Å². The van der Waals surface area contributed by atoms with Gasteiger partial charge in [0.1, 0.15) is 0 Å². The van der Waals surface area contributed by atoms with Crippen LogP contribution in [0.3, 0.4) is 0 Å². The Bertz CT molecular complexity index is 676. The predicted molar refractivity (Wildman–Crippen MR) is 89.1 cm³/mol. The number of nitrogens with two attached hydrogens (primary N) is 1. The number of nitrogens with one attached hydrogen (secondary N) is 1. The molecule has 0 saturated heterocycles. The maximum Gasteiger partial charge on any atom is 0.337 e. The van der Waals surface area contributed by atoms with Crippen molar-refractivity contribution in [2.45, 2.75) is 13.8 Å². The summed E-state index contributed by atoms with van der Waals surface area (Å²) in [5.41, 5.74) is 10.9. The molecule has 0 atom stereocenters. The van der Waals surface area contributed by atoms with E-state index < -0.39 is 5.97 Å². The van der Waals surface area contributed by atoms with Gasteiger partial charge in [0.25, 0.3) is 0 Å². The van der Waals surface area contributed by atoms with Gasteiger partial charge >= 0.3 is 5.97 Å². The van der Waals surface area contributed by atoms with Gasteiger partial charge < -0.3 is 15.8 Å². The number of benzene rings is 2. The maximum absolute atomic E-state index is 11.5. The van der Waals surface area contributed by atoms with Gasteiger partial charge in [-0.15, -0.1) is 0 Å². The lowest BCUT2D eigenvalue weighted by Gasteiger charge is -2.15. The first-order valence-corrected chi connectivity index (χ1v) is 7.23. The summed E-state index contributed by atoms with van der Waals surface area (Å²) in [5.74, 6) is -0.399. The Hall–Kier alpha value is -2.01. The standard InChI is InChI=1S/C16H17BrN2O2/c1-9-6-12(17)7-10(2)15(9)19-14-5-4-11(8-13(14)18)16(20)21-3/h4-8,19H,18H2,1-3H3. The second-order valence-electron chi connectivity index (χ2n) is 4.83. The summed E-state index contributed by atoms with van der Waals surface area (Å²) in [4.78, 5) is 11.5. The third-order valence-corrected chi connectivity index (χ3v) is 3.69. The van der Waals surface area contributed by atoms with Crippen molar-refractivity contribution in [1.82, 2.24) is 0 Å². The predicted octanol–water partition coefficient (Wildman–Crippen LogP) is 4.18. The second-order valence-corrected chi connectivity index (χ2v) is 5.75. The fraction of sp³-hybridized carbons (Fsp3) is 0.188. The molecule has 0 fully saturated rings. The lowest BCUT2D eigenvalue weighted by Crippen LogP contribution is -2.04. The molecule has 0 aromatic heterocycles. The lowest BCUT2D eigenvalue weighted by molar-refractivity contribution is 0.0601. The third kappa shape index (κ3) is 3.36. The number of halogens is 1. The van der Waals surface area contributed by atoms with Gasteiger partial charge in [-0.1, -0.05) is 15.9 Å². The van der Waals surface area contributed by atoms with E-state index in [1.54, 1.807) is 18.2 Å². The topological polar surface area (TPSA) is 64.3 Å². The number of nitrogen functional groups attached to an aromatic ring is 1. The molecule has 5 heteroatoms. The SMILES string of the molecule is COC(=O)c1ccc(Nc2c(C)cc(Br)cc2C)c(N)c1. The molecule has 4 nitrogen and oxygen atoms in total. The molecule has 0 spiro atoms. The van der Waals surface area contributed by atoms with Crippen LogP contribution < -0.4 is 11.1 Å². The molecule has 0 bridgehead atoms. The van der Waals surface area contributed by atoms with Gasteiger partial charge in [0.2, 0.25) is 0 Å². The van der Waals surface area contributed by atoms with E-state index in [1.165, 1.54) is 7.11 Å². The van der Waals surface area contributed by atoms with Crippen molar-refractivity contribution < 1.29 is 9.53 Å². The number of anilines is 3. The van der Waals surface area contributed by atoms with Gasteiger partial charge in [-0.25, -0.2) is 4.79 Å². The van der Waals surface area contributed by atoms with E-state index >= 15 is 0 Å². The number of esters is 1. The number of hydrogen-bond donors (Lipinski definition) is 2. The van der Waals surface area contributed by atoms with Crippen LogP contribution in [-0.2, 0) is 4.74 Å². The van der Waals surface area contributed by atoms with Gasteiger partial charge in [-0.2, -0.15) is 0 Å². The molecular formula is C16H17BrN2O2. The molecule has 0 radical (unpaired) electrons. The minimum absolute atomic E-state index is 0.399.